The number of carbonyl (C=O) groups is 1. The van der Waals surface area contributed by atoms with Crippen LogP contribution >= 0.6 is 27.3 Å². The van der Waals surface area contributed by atoms with Gasteiger partial charge in [0.25, 0.3) is 0 Å². The average Bonchev–Trinajstić information content (AvgIpc) is 3.39. The monoisotopic (exact) mass is 445 g/mol. The number of halogens is 1. The van der Waals surface area contributed by atoms with Crippen LogP contribution in [0.25, 0.3) is 5.13 Å². The van der Waals surface area contributed by atoms with E-state index in [1.165, 1.54) is 0 Å². The zero-order valence-corrected chi connectivity index (χ0v) is 17.1. The Morgan fingerprint density at radius 2 is 1.96 bits per heavy atom. The Labute approximate surface area is 170 Å². The van der Waals surface area contributed by atoms with Crippen molar-refractivity contribution in [2.75, 3.05) is 18.0 Å². The number of rotatable bonds is 5. The topological polar surface area (TPSA) is 63.1 Å². The van der Waals surface area contributed by atoms with Crippen molar-refractivity contribution in [3.63, 3.8) is 0 Å². The Balaban J connectivity index is 1.38. The smallest absolute Gasteiger partial charge is 0.225 e. The molecule has 1 amide bonds. The van der Waals surface area contributed by atoms with E-state index >= 15 is 0 Å². The number of carbonyl (C=O) groups excluding carboxylic acids is 1. The van der Waals surface area contributed by atoms with Crippen molar-refractivity contribution in [3.05, 3.63) is 58.8 Å². The van der Waals surface area contributed by atoms with Gasteiger partial charge >= 0.3 is 0 Å². The molecular formula is C19H20BrN5OS. The van der Waals surface area contributed by atoms with Crippen LogP contribution in [0.2, 0.25) is 0 Å². The Morgan fingerprint density at radius 1 is 1.19 bits per heavy atom. The van der Waals surface area contributed by atoms with Crippen LogP contribution in [-0.4, -0.2) is 33.8 Å². The summed E-state index contributed by atoms with van der Waals surface area (Å²) in [5.74, 6) is 0.0748. The molecule has 0 saturated carbocycles. The predicted octanol–water partition coefficient (Wildman–Crippen LogP) is 3.62. The van der Waals surface area contributed by atoms with E-state index in [-0.39, 0.29) is 11.8 Å². The number of anilines is 1. The number of hydrogen-bond donors (Lipinski definition) is 1. The quantitative estimate of drug-likeness (QED) is 0.651. The van der Waals surface area contributed by atoms with Gasteiger partial charge in [-0.05, 0) is 36.6 Å². The summed E-state index contributed by atoms with van der Waals surface area (Å²) >= 11 is 5.08. The van der Waals surface area contributed by atoms with Crippen LogP contribution in [-0.2, 0) is 11.3 Å². The summed E-state index contributed by atoms with van der Waals surface area (Å²) in [6.45, 7) is 2.13. The van der Waals surface area contributed by atoms with E-state index in [1.807, 2.05) is 53.4 Å². The molecule has 1 saturated heterocycles. The van der Waals surface area contributed by atoms with Crippen LogP contribution in [0.1, 0.15) is 18.4 Å². The highest BCUT2D eigenvalue weighted by Crippen LogP contribution is 2.28. The fourth-order valence-corrected chi connectivity index (χ4v) is 4.51. The molecule has 0 radical (unpaired) electrons. The minimum atomic E-state index is -0.0276. The summed E-state index contributed by atoms with van der Waals surface area (Å²) in [5, 5.41) is 13.4. The molecular weight excluding hydrogens is 426 g/mol. The van der Waals surface area contributed by atoms with Crippen LogP contribution in [0.15, 0.2) is 53.3 Å². The van der Waals surface area contributed by atoms with Crippen molar-refractivity contribution in [2.24, 2.45) is 5.92 Å². The second-order valence-electron chi connectivity index (χ2n) is 6.55. The maximum absolute atomic E-state index is 12.7. The fraction of sp³-hybridized carbons (Fsp3) is 0.316. The first-order valence-electron chi connectivity index (χ1n) is 8.93. The molecule has 1 aromatic carbocycles. The number of hydrogen-bond acceptors (Lipinski definition) is 5. The van der Waals surface area contributed by atoms with Crippen molar-refractivity contribution < 1.29 is 4.79 Å². The van der Waals surface area contributed by atoms with Gasteiger partial charge in [-0.3, -0.25) is 9.36 Å². The first-order valence-corrected chi connectivity index (χ1v) is 10.5. The summed E-state index contributed by atoms with van der Waals surface area (Å²) in [4.78, 5) is 14.8. The van der Waals surface area contributed by atoms with Gasteiger partial charge in [0.2, 0.25) is 16.2 Å². The second-order valence-corrected chi connectivity index (χ2v) is 8.34. The summed E-state index contributed by atoms with van der Waals surface area (Å²) in [5.41, 5.74) is 1.08. The van der Waals surface area contributed by atoms with Crippen molar-refractivity contribution >= 4 is 38.3 Å². The maximum Gasteiger partial charge on any atom is 0.225 e. The lowest BCUT2D eigenvalue weighted by Crippen LogP contribution is -2.43. The molecule has 3 heterocycles. The van der Waals surface area contributed by atoms with E-state index in [0.29, 0.717) is 13.1 Å². The molecule has 1 aliphatic rings. The lowest BCUT2D eigenvalue weighted by atomic mass is 9.97. The van der Waals surface area contributed by atoms with Crippen molar-refractivity contribution in [1.29, 1.82) is 0 Å². The Bertz CT molecular complexity index is 910. The lowest BCUT2D eigenvalue weighted by molar-refractivity contribution is -0.125. The van der Waals surface area contributed by atoms with Gasteiger partial charge in [-0.2, -0.15) is 0 Å². The second kappa shape index (κ2) is 8.22. The van der Waals surface area contributed by atoms with Gasteiger partial charge in [-0.15, -0.1) is 10.2 Å². The van der Waals surface area contributed by atoms with Crippen LogP contribution in [0.3, 0.4) is 0 Å². The molecule has 0 bridgehead atoms. The molecule has 2 aromatic heterocycles. The maximum atomic E-state index is 12.7. The van der Waals surface area contributed by atoms with Gasteiger partial charge in [-0.1, -0.05) is 45.5 Å². The van der Waals surface area contributed by atoms with Crippen LogP contribution in [0.5, 0.6) is 0 Å². The summed E-state index contributed by atoms with van der Waals surface area (Å²) in [7, 11) is 0. The van der Waals surface area contributed by atoms with E-state index in [4.69, 9.17) is 0 Å². The first kappa shape index (κ1) is 18.2. The molecule has 0 spiro atoms. The number of benzene rings is 1. The van der Waals surface area contributed by atoms with Gasteiger partial charge in [0.15, 0.2) is 0 Å². The standard InChI is InChI=1S/C19H20BrN5OS/c20-16-8-2-1-6-14(16)12-21-17(26)15-7-5-11-25(13-15)19-23-22-18(27-19)24-9-3-4-10-24/h1-4,6,8-10,15H,5,7,11-13H2,(H,21,26)/t15-/m1/s1. The predicted molar refractivity (Wildman–Crippen MR) is 110 cm³/mol. The van der Waals surface area contributed by atoms with Crippen LogP contribution in [0.4, 0.5) is 5.13 Å². The van der Waals surface area contributed by atoms with Crippen molar-refractivity contribution in [1.82, 2.24) is 20.1 Å². The third kappa shape index (κ3) is 4.22. The molecule has 6 nitrogen and oxygen atoms in total. The molecule has 3 aromatic rings. The molecule has 27 heavy (non-hydrogen) atoms. The van der Waals surface area contributed by atoms with Gasteiger partial charge in [-0.25, -0.2) is 0 Å². The van der Waals surface area contributed by atoms with Gasteiger partial charge < -0.3 is 10.2 Å². The van der Waals surface area contributed by atoms with E-state index in [0.717, 1.165) is 39.7 Å². The lowest BCUT2D eigenvalue weighted by Gasteiger charge is -2.31. The molecule has 1 fully saturated rings. The number of piperidine rings is 1. The van der Waals surface area contributed by atoms with E-state index < -0.39 is 0 Å². The van der Waals surface area contributed by atoms with Crippen LogP contribution < -0.4 is 10.2 Å². The third-order valence-electron chi connectivity index (χ3n) is 4.70. The molecule has 8 heteroatoms. The largest absolute Gasteiger partial charge is 0.352 e. The first-order chi connectivity index (χ1) is 13.2. The van der Waals surface area contributed by atoms with Crippen LogP contribution in [0, 0.1) is 5.92 Å². The van der Waals surface area contributed by atoms with E-state index in [9.17, 15) is 4.79 Å². The Hall–Kier alpha value is -2.19. The number of aromatic nitrogens is 3. The zero-order chi connectivity index (χ0) is 18.6. The minimum Gasteiger partial charge on any atom is -0.352 e. The minimum absolute atomic E-state index is 0.0276. The van der Waals surface area contributed by atoms with Gasteiger partial charge in [0.05, 0.1) is 5.92 Å². The number of nitrogens with one attached hydrogen (secondary N) is 1. The molecule has 1 atom stereocenters. The van der Waals surface area contributed by atoms with Crippen molar-refractivity contribution in [2.45, 2.75) is 19.4 Å². The highest BCUT2D eigenvalue weighted by Gasteiger charge is 2.27. The summed E-state index contributed by atoms with van der Waals surface area (Å²) in [6, 6.07) is 11.9. The van der Waals surface area contributed by atoms with E-state index in [1.54, 1.807) is 11.3 Å². The zero-order valence-electron chi connectivity index (χ0n) is 14.7. The third-order valence-corrected chi connectivity index (χ3v) is 6.47. The fourth-order valence-electron chi connectivity index (χ4n) is 3.24. The summed E-state index contributed by atoms with van der Waals surface area (Å²) < 4.78 is 2.97. The summed E-state index contributed by atoms with van der Waals surface area (Å²) in [6.07, 6.45) is 5.80. The highest BCUT2D eigenvalue weighted by atomic mass is 79.9. The molecule has 1 aliphatic heterocycles. The normalized spacial score (nSPS) is 17.1. The van der Waals surface area contributed by atoms with Crippen molar-refractivity contribution in [3.8, 4) is 5.13 Å². The highest BCUT2D eigenvalue weighted by molar-refractivity contribution is 9.10. The molecule has 0 unspecified atom stereocenters. The molecule has 4 rings (SSSR count). The number of amides is 1. The van der Waals surface area contributed by atoms with E-state index in [2.05, 4.69) is 36.3 Å². The molecule has 140 valence electrons. The van der Waals surface area contributed by atoms with Gasteiger partial charge in [0.1, 0.15) is 0 Å². The average molecular weight is 446 g/mol. The Morgan fingerprint density at radius 3 is 2.78 bits per heavy atom. The Kier molecular flexibility index (Phi) is 5.54. The van der Waals surface area contributed by atoms with Gasteiger partial charge in [0, 0.05) is 36.5 Å². The molecule has 1 N–H and O–H groups in total. The number of nitrogens with zero attached hydrogens (tertiary/aromatic N) is 4. The molecule has 0 aliphatic carbocycles. The SMILES string of the molecule is O=C(NCc1ccccc1Br)[C@@H]1CCCN(c2nnc(-n3cccc3)s2)C1.